The molecular formula is C18H29NO2. The Labute approximate surface area is 128 Å². The van der Waals surface area contributed by atoms with Gasteiger partial charge in [0, 0.05) is 12.6 Å². The fraction of sp³-hybridized carbons (Fsp3) is 0.667. The van der Waals surface area contributed by atoms with E-state index in [0.717, 1.165) is 19.3 Å². The normalized spacial score (nSPS) is 18.0. The molecule has 2 rings (SSSR count). The zero-order valence-electron chi connectivity index (χ0n) is 13.5. The van der Waals surface area contributed by atoms with Crippen molar-refractivity contribution in [2.24, 2.45) is 5.92 Å². The molecule has 118 valence electrons. The van der Waals surface area contributed by atoms with Gasteiger partial charge in [0.15, 0.2) is 0 Å². The van der Waals surface area contributed by atoms with Gasteiger partial charge in [0.2, 0.25) is 0 Å². The highest BCUT2D eigenvalue weighted by Gasteiger charge is 2.21. The Bertz CT molecular complexity index is 408. The average Bonchev–Trinajstić information content (AvgIpc) is 2.85. The molecule has 1 aromatic carbocycles. The van der Waals surface area contributed by atoms with Crippen molar-refractivity contribution in [3.05, 3.63) is 35.4 Å². The molecule has 0 saturated carbocycles. The molecule has 0 amide bonds. The predicted octanol–water partition coefficient (Wildman–Crippen LogP) is 2.56. The van der Waals surface area contributed by atoms with Crippen LogP contribution in [0.3, 0.4) is 0 Å². The fourth-order valence-electron chi connectivity index (χ4n) is 3.07. The van der Waals surface area contributed by atoms with Gasteiger partial charge in [0.25, 0.3) is 0 Å². The lowest BCUT2D eigenvalue weighted by atomic mass is 10.1. The smallest absolute Gasteiger partial charge is 0.0897 e. The summed E-state index contributed by atoms with van der Waals surface area (Å²) in [6.45, 7) is 7.48. The minimum absolute atomic E-state index is 0.218. The summed E-state index contributed by atoms with van der Waals surface area (Å²) < 4.78 is 5.70. The summed E-state index contributed by atoms with van der Waals surface area (Å²) in [4.78, 5) is 0. The second kappa shape index (κ2) is 7.92. The third-order valence-electron chi connectivity index (χ3n) is 4.07. The second-order valence-electron chi connectivity index (χ2n) is 6.71. The molecule has 3 nitrogen and oxygen atoms in total. The Kier molecular flexibility index (Phi) is 6.22. The van der Waals surface area contributed by atoms with E-state index in [1.54, 1.807) is 0 Å². The van der Waals surface area contributed by atoms with E-state index < -0.39 is 6.10 Å². The summed E-state index contributed by atoms with van der Waals surface area (Å²) in [7, 11) is 0. The SMILES string of the molecule is CC(C)CC(C)OCC(O)CNC1Cc2ccccc2C1. The molecule has 1 aliphatic rings. The first kappa shape index (κ1) is 16.5. The van der Waals surface area contributed by atoms with E-state index in [2.05, 4.69) is 50.4 Å². The van der Waals surface area contributed by atoms with Crippen molar-refractivity contribution in [3.63, 3.8) is 0 Å². The maximum absolute atomic E-state index is 10.0. The van der Waals surface area contributed by atoms with E-state index in [1.165, 1.54) is 11.1 Å². The summed E-state index contributed by atoms with van der Waals surface area (Å²) in [5, 5.41) is 13.5. The van der Waals surface area contributed by atoms with Gasteiger partial charge in [-0.2, -0.15) is 0 Å². The van der Waals surface area contributed by atoms with Gasteiger partial charge in [-0.15, -0.1) is 0 Å². The molecule has 1 aliphatic carbocycles. The third kappa shape index (κ3) is 5.42. The molecule has 2 atom stereocenters. The number of aliphatic hydroxyl groups is 1. The van der Waals surface area contributed by atoms with E-state index in [-0.39, 0.29) is 6.10 Å². The molecule has 0 spiro atoms. The Morgan fingerprint density at radius 1 is 1.19 bits per heavy atom. The standard InChI is InChI=1S/C18H29NO2/c1-13(2)8-14(3)21-12-18(20)11-19-17-9-15-6-4-5-7-16(15)10-17/h4-7,13-14,17-20H,8-12H2,1-3H3. The molecule has 0 aliphatic heterocycles. The van der Waals surface area contributed by atoms with Gasteiger partial charge in [0.1, 0.15) is 0 Å². The average molecular weight is 291 g/mol. The Morgan fingerprint density at radius 3 is 2.38 bits per heavy atom. The van der Waals surface area contributed by atoms with E-state index in [9.17, 15) is 5.11 Å². The topological polar surface area (TPSA) is 41.5 Å². The van der Waals surface area contributed by atoms with Crippen molar-refractivity contribution in [1.29, 1.82) is 0 Å². The number of benzene rings is 1. The second-order valence-corrected chi connectivity index (χ2v) is 6.71. The van der Waals surface area contributed by atoms with Gasteiger partial charge >= 0.3 is 0 Å². The van der Waals surface area contributed by atoms with E-state index in [1.807, 2.05) is 0 Å². The largest absolute Gasteiger partial charge is 0.389 e. The molecule has 3 heteroatoms. The van der Waals surface area contributed by atoms with Crippen LogP contribution in [0.25, 0.3) is 0 Å². The fourth-order valence-corrected chi connectivity index (χ4v) is 3.07. The first-order chi connectivity index (χ1) is 10.0. The van der Waals surface area contributed by atoms with Crippen LogP contribution in [-0.4, -0.2) is 36.5 Å². The number of nitrogens with one attached hydrogen (secondary N) is 1. The number of aliphatic hydroxyl groups excluding tert-OH is 1. The summed E-state index contributed by atoms with van der Waals surface area (Å²) in [6.07, 6.45) is 2.96. The Balaban J connectivity index is 1.63. The van der Waals surface area contributed by atoms with Crippen molar-refractivity contribution in [2.45, 2.75) is 58.3 Å². The Morgan fingerprint density at radius 2 is 1.81 bits per heavy atom. The lowest BCUT2D eigenvalue weighted by Crippen LogP contribution is -2.38. The summed E-state index contributed by atoms with van der Waals surface area (Å²) >= 11 is 0. The minimum Gasteiger partial charge on any atom is -0.389 e. The third-order valence-corrected chi connectivity index (χ3v) is 4.07. The number of fused-ring (bicyclic) bond motifs is 1. The molecule has 21 heavy (non-hydrogen) atoms. The van der Waals surface area contributed by atoms with Crippen molar-refractivity contribution in [1.82, 2.24) is 5.32 Å². The van der Waals surface area contributed by atoms with Gasteiger partial charge in [-0.25, -0.2) is 0 Å². The molecule has 0 fully saturated rings. The van der Waals surface area contributed by atoms with Crippen LogP contribution in [0.15, 0.2) is 24.3 Å². The van der Waals surface area contributed by atoms with Gasteiger partial charge < -0.3 is 15.2 Å². The van der Waals surface area contributed by atoms with Gasteiger partial charge in [0.05, 0.1) is 18.8 Å². The van der Waals surface area contributed by atoms with Crippen LogP contribution < -0.4 is 5.32 Å². The van der Waals surface area contributed by atoms with Crippen LogP contribution in [-0.2, 0) is 17.6 Å². The lowest BCUT2D eigenvalue weighted by molar-refractivity contribution is -0.00918. The highest BCUT2D eigenvalue weighted by molar-refractivity contribution is 5.33. The van der Waals surface area contributed by atoms with E-state index in [4.69, 9.17) is 4.74 Å². The number of hydrogen-bond acceptors (Lipinski definition) is 3. The molecule has 0 radical (unpaired) electrons. The molecular weight excluding hydrogens is 262 g/mol. The molecule has 0 saturated heterocycles. The molecule has 2 unspecified atom stereocenters. The Hall–Kier alpha value is -0.900. The summed E-state index contributed by atoms with van der Waals surface area (Å²) in [5.74, 6) is 0.632. The van der Waals surface area contributed by atoms with E-state index >= 15 is 0 Å². The molecule has 0 aromatic heterocycles. The molecule has 1 aromatic rings. The first-order valence-corrected chi connectivity index (χ1v) is 8.14. The zero-order valence-corrected chi connectivity index (χ0v) is 13.5. The van der Waals surface area contributed by atoms with Gasteiger partial charge in [-0.05, 0) is 43.2 Å². The van der Waals surface area contributed by atoms with Crippen molar-refractivity contribution < 1.29 is 9.84 Å². The number of ether oxygens (including phenoxy) is 1. The summed E-state index contributed by atoms with van der Waals surface area (Å²) in [5.41, 5.74) is 2.87. The highest BCUT2D eigenvalue weighted by atomic mass is 16.5. The lowest BCUT2D eigenvalue weighted by Gasteiger charge is -2.20. The monoisotopic (exact) mass is 291 g/mol. The molecule has 0 bridgehead atoms. The van der Waals surface area contributed by atoms with Crippen LogP contribution >= 0.6 is 0 Å². The number of hydrogen-bond donors (Lipinski definition) is 2. The van der Waals surface area contributed by atoms with Crippen LogP contribution in [0.1, 0.15) is 38.3 Å². The number of rotatable bonds is 8. The highest BCUT2D eigenvalue weighted by Crippen LogP contribution is 2.21. The maximum atomic E-state index is 10.0. The quantitative estimate of drug-likeness (QED) is 0.773. The summed E-state index contributed by atoms with van der Waals surface area (Å²) in [6, 6.07) is 9.04. The first-order valence-electron chi connectivity index (χ1n) is 8.14. The van der Waals surface area contributed by atoms with Crippen LogP contribution in [0.5, 0.6) is 0 Å². The predicted molar refractivity (Wildman–Crippen MR) is 86.5 cm³/mol. The van der Waals surface area contributed by atoms with Crippen molar-refractivity contribution >= 4 is 0 Å². The van der Waals surface area contributed by atoms with Crippen LogP contribution in [0, 0.1) is 5.92 Å². The molecule has 0 heterocycles. The minimum atomic E-state index is -0.427. The zero-order chi connectivity index (χ0) is 15.2. The maximum Gasteiger partial charge on any atom is 0.0897 e. The van der Waals surface area contributed by atoms with Gasteiger partial charge in [-0.1, -0.05) is 38.1 Å². The van der Waals surface area contributed by atoms with Gasteiger partial charge in [-0.3, -0.25) is 0 Å². The van der Waals surface area contributed by atoms with Crippen LogP contribution in [0.4, 0.5) is 0 Å². The molecule has 2 N–H and O–H groups in total. The van der Waals surface area contributed by atoms with Crippen LogP contribution in [0.2, 0.25) is 0 Å². The van der Waals surface area contributed by atoms with E-state index in [0.29, 0.717) is 25.1 Å². The van der Waals surface area contributed by atoms with Crippen molar-refractivity contribution in [2.75, 3.05) is 13.2 Å². The van der Waals surface area contributed by atoms with Crippen molar-refractivity contribution in [3.8, 4) is 0 Å².